The molecule has 114 valence electrons. The molecular formula is C6H15NO10P2. The molecule has 19 heavy (non-hydrogen) atoms. The van der Waals surface area contributed by atoms with Crippen LogP contribution in [0.15, 0.2) is 0 Å². The van der Waals surface area contributed by atoms with Crippen molar-refractivity contribution in [2.75, 3.05) is 6.54 Å². The molecule has 0 heterocycles. The zero-order chi connectivity index (χ0) is 15.9. The lowest BCUT2D eigenvalue weighted by Crippen LogP contribution is -2.14. The van der Waals surface area contributed by atoms with E-state index in [1.165, 1.54) is 0 Å². The Hall–Kier alpha value is -0.800. The number of aliphatic carboxylic acids is 2. The van der Waals surface area contributed by atoms with Crippen LogP contribution in [0.4, 0.5) is 0 Å². The number of hydrogen-bond acceptors (Lipinski definition) is 5. The van der Waals surface area contributed by atoms with Gasteiger partial charge in [0, 0.05) is 0 Å². The topological polar surface area (TPSA) is 216 Å². The fourth-order valence-electron chi connectivity index (χ4n) is 0.811. The van der Waals surface area contributed by atoms with Gasteiger partial charge in [0.25, 0.3) is 0 Å². The van der Waals surface area contributed by atoms with Crippen LogP contribution >= 0.6 is 15.2 Å². The molecule has 0 aliphatic heterocycles. The molecule has 0 bridgehead atoms. The van der Waals surface area contributed by atoms with E-state index in [2.05, 4.69) is 0 Å². The summed E-state index contributed by atoms with van der Waals surface area (Å²) in [7, 11) is -9.51. The SMILES string of the molecule is NCCC(P(=O)(O)O)P(=O)(O)O.O=C(O)CC(=O)O. The first-order chi connectivity index (χ1) is 8.32. The van der Waals surface area contributed by atoms with Crippen LogP contribution < -0.4 is 5.73 Å². The Balaban J connectivity index is 0. The standard InChI is InChI=1S/C3H11NO6P2.C3H4O4/c4-2-1-3(11(5,6)7)12(8,9)10;4-2(5)1-3(6)7/h3H,1-2,4H2,(H2,5,6,7)(H2,8,9,10);1H2,(H,4,5)(H,6,7). The van der Waals surface area contributed by atoms with E-state index in [-0.39, 0.29) is 6.54 Å². The fourth-order valence-corrected chi connectivity index (χ4v) is 3.35. The normalized spacial score (nSPS) is 11.7. The van der Waals surface area contributed by atoms with Crippen molar-refractivity contribution in [2.45, 2.75) is 18.2 Å². The lowest BCUT2D eigenvalue weighted by atomic mass is 10.5. The van der Waals surface area contributed by atoms with E-state index in [0.29, 0.717) is 0 Å². The van der Waals surface area contributed by atoms with Crippen molar-refractivity contribution in [3.05, 3.63) is 0 Å². The first-order valence-corrected chi connectivity index (χ1v) is 7.92. The largest absolute Gasteiger partial charge is 0.481 e. The van der Waals surface area contributed by atoms with Crippen LogP contribution in [0.1, 0.15) is 12.8 Å². The Kier molecular flexibility index (Phi) is 9.06. The van der Waals surface area contributed by atoms with Crippen LogP contribution in [0, 0.1) is 0 Å². The molecule has 13 heteroatoms. The van der Waals surface area contributed by atoms with Gasteiger partial charge >= 0.3 is 27.1 Å². The van der Waals surface area contributed by atoms with Gasteiger partial charge in [-0.25, -0.2) is 0 Å². The monoisotopic (exact) mass is 323 g/mol. The van der Waals surface area contributed by atoms with E-state index in [0.717, 1.165) is 0 Å². The molecule has 0 aromatic rings. The van der Waals surface area contributed by atoms with E-state index in [1.807, 2.05) is 0 Å². The van der Waals surface area contributed by atoms with Gasteiger partial charge in [0.1, 0.15) is 6.42 Å². The second-order valence-corrected chi connectivity index (χ2v) is 7.21. The summed E-state index contributed by atoms with van der Waals surface area (Å²) in [5, 5.41) is 13.4. The maximum absolute atomic E-state index is 10.5. The van der Waals surface area contributed by atoms with Gasteiger partial charge in [-0.2, -0.15) is 0 Å². The smallest absolute Gasteiger partial charge is 0.340 e. The highest BCUT2D eigenvalue weighted by Gasteiger charge is 2.42. The molecule has 8 N–H and O–H groups in total. The Bertz CT molecular complexity index is 363. The molecule has 0 aromatic heterocycles. The summed E-state index contributed by atoms with van der Waals surface area (Å²) in [5.74, 6) is -2.62. The van der Waals surface area contributed by atoms with Gasteiger partial charge < -0.3 is 35.5 Å². The molecular weight excluding hydrogens is 308 g/mol. The molecule has 0 radical (unpaired) electrons. The molecule has 0 saturated heterocycles. The molecule has 11 nitrogen and oxygen atoms in total. The minimum Gasteiger partial charge on any atom is -0.481 e. The van der Waals surface area contributed by atoms with Crippen LogP contribution in [-0.4, -0.2) is 53.7 Å². The molecule has 0 rings (SSSR count). The average Bonchev–Trinajstić information content (AvgIpc) is 2.08. The highest BCUT2D eigenvalue weighted by atomic mass is 31.2. The summed E-state index contributed by atoms with van der Waals surface area (Å²) >= 11 is 0. The van der Waals surface area contributed by atoms with Gasteiger partial charge in [0.2, 0.25) is 0 Å². The van der Waals surface area contributed by atoms with Crippen LogP contribution in [0.5, 0.6) is 0 Å². The molecule has 0 atom stereocenters. The summed E-state index contributed by atoms with van der Waals surface area (Å²) in [6.07, 6.45) is -1.20. The quantitative estimate of drug-likeness (QED) is 0.222. The summed E-state index contributed by atoms with van der Waals surface area (Å²) in [5.41, 5.74) is 4.94. The van der Waals surface area contributed by atoms with Crippen molar-refractivity contribution in [2.24, 2.45) is 5.73 Å². The molecule has 0 unspecified atom stereocenters. The number of nitrogens with two attached hydrogens (primary N) is 1. The Morgan fingerprint density at radius 3 is 1.32 bits per heavy atom. The van der Waals surface area contributed by atoms with Gasteiger partial charge in [0.05, 0.1) is 0 Å². The molecule has 0 saturated carbocycles. The Labute approximate surface area is 107 Å². The number of carboxylic acids is 2. The van der Waals surface area contributed by atoms with Gasteiger partial charge in [0.15, 0.2) is 5.40 Å². The molecule has 0 aliphatic carbocycles. The van der Waals surface area contributed by atoms with E-state index >= 15 is 0 Å². The highest BCUT2D eigenvalue weighted by molar-refractivity contribution is 7.70. The molecule has 0 fully saturated rings. The lowest BCUT2D eigenvalue weighted by molar-refractivity contribution is -0.147. The molecule has 0 aliphatic rings. The fraction of sp³-hybridized carbons (Fsp3) is 0.667. The van der Waals surface area contributed by atoms with E-state index in [1.54, 1.807) is 0 Å². The summed E-state index contributed by atoms with van der Waals surface area (Å²) in [6.45, 7) is -0.180. The Morgan fingerprint density at radius 1 is 0.947 bits per heavy atom. The molecule has 0 amide bonds. The third kappa shape index (κ3) is 12.0. The van der Waals surface area contributed by atoms with Crippen LogP contribution in [-0.2, 0) is 18.7 Å². The van der Waals surface area contributed by atoms with Gasteiger partial charge in [-0.3, -0.25) is 18.7 Å². The second-order valence-electron chi connectivity index (χ2n) is 3.20. The number of carbonyl (C=O) groups is 2. The third-order valence-corrected chi connectivity index (χ3v) is 5.38. The number of carboxylic acid groups (broad SMARTS) is 2. The zero-order valence-electron chi connectivity index (χ0n) is 9.49. The van der Waals surface area contributed by atoms with Crippen LogP contribution in [0.3, 0.4) is 0 Å². The lowest BCUT2D eigenvalue weighted by Gasteiger charge is -2.18. The van der Waals surface area contributed by atoms with Crippen molar-refractivity contribution in [1.29, 1.82) is 0 Å². The third-order valence-electron chi connectivity index (χ3n) is 1.50. The highest BCUT2D eigenvalue weighted by Crippen LogP contribution is 2.60. The summed E-state index contributed by atoms with van der Waals surface area (Å²) in [4.78, 5) is 52.9. The summed E-state index contributed by atoms with van der Waals surface area (Å²) < 4.78 is 21.0. The van der Waals surface area contributed by atoms with Gasteiger partial charge in [-0.1, -0.05) is 0 Å². The maximum atomic E-state index is 10.5. The van der Waals surface area contributed by atoms with Gasteiger partial charge in [-0.05, 0) is 13.0 Å². The molecule has 0 aromatic carbocycles. The van der Waals surface area contributed by atoms with E-state index in [9.17, 15) is 18.7 Å². The second kappa shape index (κ2) is 8.39. The van der Waals surface area contributed by atoms with Crippen molar-refractivity contribution in [3.8, 4) is 0 Å². The van der Waals surface area contributed by atoms with Crippen molar-refractivity contribution >= 4 is 27.1 Å². The minimum absolute atomic E-state index is 0.180. The number of hydrogen-bond donors (Lipinski definition) is 7. The maximum Gasteiger partial charge on any atom is 0.340 e. The predicted octanol–water partition coefficient (Wildman–Crippen LogP) is -1.44. The van der Waals surface area contributed by atoms with E-state index < -0.39 is 45.4 Å². The van der Waals surface area contributed by atoms with Crippen LogP contribution in [0.25, 0.3) is 0 Å². The predicted molar refractivity (Wildman–Crippen MR) is 61.4 cm³/mol. The summed E-state index contributed by atoms with van der Waals surface area (Å²) in [6, 6.07) is 0. The average molecular weight is 323 g/mol. The van der Waals surface area contributed by atoms with E-state index in [4.69, 9.17) is 35.5 Å². The van der Waals surface area contributed by atoms with Crippen molar-refractivity contribution in [3.63, 3.8) is 0 Å². The number of rotatable bonds is 6. The van der Waals surface area contributed by atoms with Crippen molar-refractivity contribution in [1.82, 2.24) is 0 Å². The van der Waals surface area contributed by atoms with Gasteiger partial charge in [-0.15, -0.1) is 0 Å². The molecule has 0 spiro atoms. The van der Waals surface area contributed by atoms with Crippen LogP contribution in [0.2, 0.25) is 0 Å². The van der Waals surface area contributed by atoms with Crippen molar-refractivity contribution < 1.29 is 48.5 Å². The Morgan fingerprint density at radius 2 is 1.26 bits per heavy atom. The first kappa shape index (κ1) is 20.5. The minimum atomic E-state index is -4.76. The zero-order valence-corrected chi connectivity index (χ0v) is 11.3. The first-order valence-electron chi connectivity index (χ1n) is 4.56.